The molecule has 1 N–H and O–H groups in total. The lowest BCUT2D eigenvalue weighted by molar-refractivity contribution is -0.145. The molecule has 0 amide bonds. The zero-order valence-corrected chi connectivity index (χ0v) is 17.6. The van der Waals surface area contributed by atoms with Crippen LogP contribution in [0.15, 0.2) is 53.4 Å². The van der Waals surface area contributed by atoms with Crippen molar-refractivity contribution in [1.82, 2.24) is 9.21 Å². The fraction of sp³-hybridized carbons (Fsp3) is 0.381. The number of hydrogen-bond acceptors (Lipinski definition) is 5. The number of aliphatic carboxylic acids is 1. The van der Waals surface area contributed by atoms with Crippen LogP contribution in [0.25, 0.3) is 0 Å². The summed E-state index contributed by atoms with van der Waals surface area (Å²) in [6.07, 6.45) is 0. The Morgan fingerprint density at radius 3 is 2.41 bits per heavy atom. The Morgan fingerprint density at radius 1 is 1.14 bits per heavy atom. The summed E-state index contributed by atoms with van der Waals surface area (Å²) in [7, 11) is -2.14. The monoisotopic (exact) mass is 418 g/mol. The van der Waals surface area contributed by atoms with E-state index >= 15 is 0 Å². The molecule has 0 aliphatic carbocycles. The number of carboxylic acids is 1. The average Bonchev–Trinajstić information content (AvgIpc) is 2.69. The fourth-order valence-corrected chi connectivity index (χ4v) is 5.09. The first-order valence-corrected chi connectivity index (χ1v) is 10.9. The molecule has 29 heavy (non-hydrogen) atoms. The number of hydrogen-bond donors (Lipinski definition) is 1. The van der Waals surface area contributed by atoms with Crippen LogP contribution in [-0.2, 0) is 21.4 Å². The largest absolute Gasteiger partial charge is 0.489 e. The van der Waals surface area contributed by atoms with Crippen molar-refractivity contribution in [1.29, 1.82) is 0 Å². The third kappa shape index (κ3) is 4.44. The summed E-state index contributed by atoms with van der Waals surface area (Å²) in [5.41, 5.74) is 2.18. The fourth-order valence-electron chi connectivity index (χ4n) is 3.46. The Balaban J connectivity index is 1.77. The molecular formula is C21H26N2O5S. The van der Waals surface area contributed by atoms with Gasteiger partial charge in [-0.15, -0.1) is 0 Å². The highest BCUT2D eigenvalue weighted by atomic mass is 32.2. The molecule has 1 aliphatic heterocycles. The smallest absolute Gasteiger partial charge is 0.323 e. The Kier molecular flexibility index (Phi) is 6.26. The molecule has 3 rings (SSSR count). The van der Waals surface area contributed by atoms with E-state index in [9.17, 15) is 18.3 Å². The summed E-state index contributed by atoms with van der Waals surface area (Å²) in [5.74, 6) is -0.598. The second-order valence-electron chi connectivity index (χ2n) is 7.31. The van der Waals surface area contributed by atoms with Crippen LogP contribution in [0.5, 0.6) is 5.75 Å². The van der Waals surface area contributed by atoms with Crippen LogP contribution in [0.1, 0.15) is 18.1 Å². The summed E-state index contributed by atoms with van der Waals surface area (Å²) in [6, 6.07) is 12.5. The molecule has 1 heterocycles. The molecule has 2 unspecified atom stereocenters. The van der Waals surface area contributed by atoms with Crippen LogP contribution in [0.4, 0.5) is 0 Å². The summed E-state index contributed by atoms with van der Waals surface area (Å²) >= 11 is 0. The van der Waals surface area contributed by atoms with Gasteiger partial charge in [0, 0.05) is 19.1 Å². The quantitative estimate of drug-likeness (QED) is 0.775. The zero-order chi connectivity index (χ0) is 21.2. The van der Waals surface area contributed by atoms with E-state index in [1.54, 1.807) is 26.1 Å². The van der Waals surface area contributed by atoms with Crippen molar-refractivity contribution in [2.75, 3.05) is 20.1 Å². The first-order valence-electron chi connectivity index (χ1n) is 9.44. The lowest BCUT2D eigenvalue weighted by Crippen LogP contribution is -2.61. The third-order valence-electron chi connectivity index (χ3n) is 5.47. The van der Waals surface area contributed by atoms with Crippen molar-refractivity contribution in [3.63, 3.8) is 0 Å². The maximum absolute atomic E-state index is 13.1. The second-order valence-corrected chi connectivity index (χ2v) is 9.20. The van der Waals surface area contributed by atoms with E-state index in [0.717, 1.165) is 15.4 Å². The van der Waals surface area contributed by atoms with Gasteiger partial charge in [-0.3, -0.25) is 4.79 Å². The Bertz CT molecular complexity index is 975. The number of carbonyl (C=O) groups is 1. The van der Waals surface area contributed by atoms with E-state index in [4.69, 9.17) is 4.74 Å². The van der Waals surface area contributed by atoms with E-state index in [-0.39, 0.29) is 11.4 Å². The predicted molar refractivity (Wildman–Crippen MR) is 109 cm³/mol. The van der Waals surface area contributed by atoms with Gasteiger partial charge in [-0.05, 0) is 56.3 Å². The van der Waals surface area contributed by atoms with E-state index < -0.39 is 28.1 Å². The van der Waals surface area contributed by atoms with Crippen molar-refractivity contribution in [2.24, 2.45) is 0 Å². The normalized spacial score (nSPS) is 21.1. The van der Waals surface area contributed by atoms with Crippen LogP contribution in [-0.4, -0.2) is 60.9 Å². The van der Waals surface area contributed by atoms with E-state index in [2.05, 4.69) is 0 Å². The van der Waals surface area contributed by atoms with Crippen molar-refractivity contribution >= 4 is 16.0 Å². The molecule has 0 bridgehead atoms. The van der Waals surface area contributed by atoms with E-state index in [1.807, 2.05) is 36.1 Å². The molecular weight excluding hydrogens is 392 g/mol. The highest BCUT2D eigenvalue weighted by Gasteiger charge is 2.43. The molecule has 1 fully saturated rings. The molecule has 7 nitrogen and oxygen atoms in total. The molecule has 0 radical (unpaired) electrons. The molecule has 2 aromatic rings. The van der Waals surface area contributed by atoms with Crippen LogP contribution in [0, 0.1) is 6.92 Å². The number of benzene rings is 2. The minimum absolute atomic E-state index is 0.0590. The number of rotatable bonds is 6. The molecule has 8 heteroatoms. The van der Waals surface area contributed by atoms with Gasteiger partial charge < -0.3 is 14.7 Å². The Hall–Kier alpha value is -2.42. The summed E-state index contributed by atoms with van der Waals surface area (Å²) in [6.45, 7) is 4.72. The van der Waals surface area contributed by atoms with Crippen LogP contribution >= 0.6 is 0 Å². The lowest BCUT2D eigenvalue weighted by Gasteiger charge is -2.41. The first-order chi connectivity index (χ1) is 13.7. The molecule has 156 valence electrons. The Labute approximate surface area is 171 Å². The summed E-state index contributed by atoms with van der Waals surface area (Å²) in [5, 5.41) is 9.60. The van der Waals surface area contributed by atoms with Crippen LogP contribution in [0.3, 0.4) is 0 Å². The number of nitrogens with zero attached hydrogens (tertiary/aromatic N) is 2. The Morgan fingerprint density at radius 2 is 1.79 bits per heavy atom. The number of sulfonamides is 1. The molecule has 2 atom stereocenters. The van der Waals surface area contributed by atoms with Gasteiger partial charge in [-0.1, -0.05) is 24.3 Å². The number of likely N-dealkylation sites (N-methyl/N-ethyl adjacent to an activating group) is 1. The van der Waals surface area contributed by atoms with Crippen LogP contribution < -0.4 is 4.74 Å². The number of ether oxygens (including phenoxy) is 1. The zero-order valence-electron chi connectivity index (χ0n) is 16.8. The molecule has 0 saturated carbocycles. The second kappa shape index (κ2) is 8.52. The number of aryl methyl sites for hydroxylation is 1. The van der Waals surface area contributed by atoms with Crippen molar-refractivity contribution in [3.8, 4) is 5.75 Å². The number of carboxylic acid groups (broad SMARTS) is 1. The minimum Gasteiger partial charge on any atom is -0.489 e. The SMILES string of the molecule is Cc1ccccc1COc1ccc(S(=O)(=O)N2CCN(C)C(C)C2C(=O)O)cc1. The molecule has 1 saturated heterocycles. The van der Waals surface area contributed by atoms with Gasteiger partial charge >= 0.3 is 5.97 Å². The summed E-state index contributed by atoms with van der Waals surface area (Å²) < 4.78 is 33.0. The van der Waals surface area contributed by atoms with Crippen molar-refractivity contribution < 1.29 is 23.1 Å². The maximum atomic E-state index is 13.1. The number of piperazine rings is 1. The maximum Gasteiger partial charge on any atom is 0.323 e. The van der Waals surface area contributed by atoms with Crippen molar-refractivity contribution in [3.05, 3.63) is 59.7 Å². The molecule has 2 aromatic carbocycles. The van der Waals surface area contributed by atoms with Crippen molar-refractivity contribution in [2.45, 2.75) is 37.4 Å². The molecule has 0 aromatic heterocycles. The van der Waals surface area contributed by atoms with Gasteiger partial charge in [-0.25, -0.2) is 8.42 Å². The van der Waals surface area contributed by atoms with Crippen LogP contribution in [0.2, 0.25) is 0 Å². The van der Waals surface area contributed by atoms with E-state index in [0.29, 0.717) is 18.9 Å². The highest BCUT2D eigenvalue weighted by molar-refractivity contribution is 7.89. The first kappa shape index (κ1) is 21.3. The minimum atomic E-state index is -3.93. The van der Waals surface area contributed by atoms with Gasteiger partial charge in [0.2, 0.25) is 10.0 Å². The topological polar surface area (TPSA) is 87.2 Å². The van der Waals surface area contributed by atoms with Gasteiger partial charge in [0.05, 0.1) is 4.90 Å². The lowest BCUT2D eigenvalue weighted by atomic mass is 10.1. The molecule has 1 aliphatic rings. The van der Waals surface area contributed by atoms with Gasteiger partial charge in [0.15, 0.2) is 0 Å². The standard InChI is InChI=1S/C21H26N2O5S/c1-15-6-4-5-7-17(15)14-28-18-8-10-19(11-9-18)29(26,27)23-13-12-22(3)16(2)20(23)21(24)25/h4-11,16,20H,12-14H2,1-3H3,(H,24,25). The van der Waals surface area contributed by atoms with E-state index in [1.165, 1.54) is 12.1 Å². The van der Waals surface area contributed by atoms with Gasteiger partial charge in [0.1, 0.15) is 18.4 Å². The third-order valence-corrected chi connectivity index (χ3v) is 7.37. The molecule has 0 spiro atoms. The van der Waals surface area contributed by atoms with Gasteiger partial charge in [-0.2, -0.15) is 4.31 Å². The average molecular weight is 419 g/mol. The van der Waals surface area contributed by atoms with Gasteiger partial charge in [0.25, 0.3) is 0 Å². The highest BCUT2D eigenvalue weighted by Crippen LogP contribution is 2.26. The summed E-state index contributed by atoms with van der Waals surface area (Å²) in [4.78, 5) is 13.7. The predicted octanol–water partition coefficient (Wildman–Crippen LogP) is 2.35.